The molecule has 6 heteroatoms. The van der Waals surface area contributed by atoms with Gasteiger partial charge < -0.3 is 15.8 Å². The lowest BCUT2D eigenvalue weighted by Crippen LogP contribution is -2.39. The van der Waals surface area contributed by atoms with Crippen molar-refractivity contribution in [3.05, 3.63) is 34.9 Å². The normalized spacial score (nSPS) is 11.3. The van der Waals surface area contributed by atoms with Gasteiger partial charge in [-0.1, -0.05) is 35.0 Å². The van der Waals surface area contributed by atoms with Crippen LogP contribution in [-0.2, 0) is 11.2 Å². The Morgan fingerprint density at radius 3 is 2.72 bits per heavy atom. The van der Waals surface area contributed by atoms with Crippen LogP contribution in [0, 0.1) is 0 Å². The Labute approximate surface area is 111 Å². The summed E-state index contributed by atoms with van der Waals surface area (Å²) in [6, 6.07) is 7.18. The average Bonchev–Trinajstić information content (AvgIpc) is 2.38. The number of likely N-dealkylation sites (N-methyl/N-ethyl adjacent to an activating group) is 1. The van der Waals surface area contributed by atoms with Crippen LogP contribution < -0.4 is 5.73 Å². The lowest BCUT2D eigenvalue weighted by atomic mass is 10.1. The molecule has 0 saturated heterocycles. The molecule has 0 fully saturated rings. The van der Waals surface area contributed by atoms with E-state index in [-0.39, 0.29) is 24.7 Å². The van der Waals surface area contributed by atoms with E-state index in [2.05, 4.69) is 5.16 Å². The number of oxime groups is 1. The van der Waals surface area contributed by atoms with Crippen molar-refractivity contribution in [1.29, 1.82) is 0 Å². The second-order valence-electron chi connectivity index (χ2n) is 3.77. The van der Waals surface area contributed by atoms with E-state index < -0.39 is 0 Å². The predicted octanol–water partition coefficient (Wildman–Crippen LogP) is 1.48. The first-order valence-corrected chi connectivity index (χ1v) is 5.93. The first-order valence-electron chi connectivity index (χ1n) is 5.56. The lowest BCUT2D eigenvalue weighted by Gasteiger charge is -2.20. The number of amidine groups is 1. The van der Waals surface area contributed by atoms with Gasteiger partial charge in [0.1, 0.15) is 0 Å². The van der Waals surface area contributed by atoms with Crippen LogP contribution in [0.15, 0.2) is 29.4 Å². The molecule has 1 aromatic rings. The Bertz CT molecular complexity index is 449. The van der Waals surface area contributed by atoms with Crippen LogP contribution >= 0.6 is 11.6 Å². The van der Waals surface area contributed by atoms with E-state index in [1.807, 2.05) is 19.1 Å². The molecule has 0 radical (unpaired) electrons. The summed E-state index contributed by atoms with van der Waals surface area (Å²) in [4.78, 5) is 13.5. The Hall–Kier alpha value is -1.75. The van der Waals surface area contributed by atoms with Gasteiger partial charge in [-0.05, 0) is 18.6 Å². The van der Waals surface area contributed by atoms with Gasteiger partial charge in [0.25, 0.3) is 0 Å². The Kier molecular flexibility index (Phi) is 5.45. The highest BCUT2D eigenvalue weighted by atomic mass is 35.5. The van der Waals surface area contributed by atoms with Crippen molar-refractivity contribution in [2.24, 2.45) is 10.9 Å². The van der Waals surface area contributed by atoms with Gasteiger partial charge in [-0.2, -0.15) is 0 Å². The Morgan fingerprint density at radius 2 is 2.17 bits per heavy atom. The zero-order valence-corrected chi connectivity index (χ0v) is 10.9. The van der Waals surface area contributed by atoms with E-state index in [4.69, 9.17) is 22.5 Å². The molecule has 0 saturated carbocycles. The van der Waals surface area contributed by atoms with E-state index in [1.54, 1.807) is 12.1 Å². The molecule has 5 nitrogen and oxygen atoms in total. The van der Waals surface area contributed by atoms with Crippen molar-refractivity contribution in [3.63, 3.8) is 0 Å². The Balaban J connectivity index is 2.71. The minimum absolute atomic E-state index is 0.00404. The van der Waals surface area contributed by atoms with Gasteiger partial charge in [0, 0.05) is 11.6 Å². The van der Waals surface area contributed by atoms with Crippen LogP contribution in [0.3, 0.4) is 0 Å². The van der Waals surface area contributed by atoms with E-state index in [0.717, 1.165) is 5.56 Å². The maximum Gasteiger partial charge on any atom is 0.227 e. The molecule has 0 aliphatic carbocycles. The van der Waals surface area contributed by atoms with Gasteiger partial charge in [-0.3, -0.25) is 4.79 Å². The largest absolute Gasteiger partial charge is 0.409 e. The first-order chi connectivity index (χ1) is 8.58. The molecule has 3 N–H and O–H groups in total. The number of hydrogen-bond acceptors (Lipinski definition) is 3. The number of nitrogens with two attached hydrogens (primary N) is 1. The zero-order valence-electron chi connectivity index (χ0n) is 10.1. The zero-order chi connectivity index (χ0) is 13.5. The molecule has 0 aliphatic rings. The molecule has 0 aliphatic heterocycles. The Morgan fingerprint density at radius 1 is 1.50 bits per heavy atom. The first kappa shape index (κ1) is 14.3. The fraction of sp³-hybridized carbons (Fsp3) is 0.333. The lowest BCUT2D eigenvalue weighted by molar-refractivity contribution is -0.129. The summed E-state index contributed by atoms with van der Waals surface area (Å²) >= 11 is 5.99. The molecule has 0 heterocycles. The molecule has 0 bridgehead atoms. The van der Waals surface area contributed by atoms with E-state index >= 15 is 0 Å². The SMILES string of the molecule is CCN(CC(N)=NO)C(=O)Cc1ccccc1Cl. The molecule has 0 atom stereocenters. The van der Waals surface area contributed by atoms with Crippen LogP contribution in [0.5, 0.6) is 0 Å². The fourth-order valence-corrected chi connectivity index (χ4v) is 1.72. The van der Waals surface area contributed by atoms with E-state index in [1.165, 1.54) is 4.90 Å². The molecular formula is C12H16ClN3O2. The van der Waals surface area contributed by atoms with Crippen LogP contribution in [0.1, 0.15) is 12.5 Å². The van der Waals surface area contributed by atoms with Crippen molar-refractivity contribution in [2.75, 3.05) is 13.1 Å². The third-order valence-electron chi connectivity index (χ3n) is 2.52. The smallest absolute Gasteiger partial charge is 0.227 e. The highest BCUT2D eigenvalue weighted by Gasteiger charge is 2.15. The van der Waals surface area contributed by atoms with E-state index in [9.17, 15) is 4.79 Å². The molecular weight excluding hydrogens is 254 g/mol. The topological polar surface area (TPSA) is 78.9 Å². The summed E-state index contributed by atoms with van der Waals surface area (Å²) in [5.74, 6) is -0.110. The fourth-order valence-electron chi connectivity index (χ4n) is 1.52. The minimum atomic E-state index is -0.114. The van der Waals surface area contributed by atoms with Gasteiger partial charge in [0.15, 0.2) is 5.84 Å². The summed E-state index contributed by atoms with van der Waals surface area (Å²) in [6.07, 6.45) is 0.201. The van der Waals surface area contributed by atoms with Crippen LogP contribution in [0.2, 0.25) is 5.02 Å². The van der Waals surface area contributed by atoms with Gasteiger partial charge >= 0.3 is 0 Å². The third-order valence-corrected chi connectivity index (χ3v) is 2.88. The number of hydrogen-bond donors (Lipinski definition) is 2. The summed E-state index contributed by atoms with van der Waals surface area (Å²) in [5, 5.41) is 11.9. The number of carbonyl (C=O) groups excluding carboxylic acids is 1. The van der Waals surface area contributed by atoms with Gasteiger partial charge in [0.2, 0.25) is 5.91 Å². The number of amides is 1. The average molecular weight is 270 g/mol. The summed E-state index contributed by atoms with van der Waals surface area (Å²) in [7, 11) is 0. The molecule has 18 heavy (non-hydrogen) atoms. The van der Waals surface area contributed by atoms with Crippen LogP contribution in [-0.4, -0.2) is 34.9 Å². The summed E-state index contributed by atoms with van der Waals surface area (Å²) in [5.41, 5.74) is 6.16. The van der Waals surface area contributed by atoms with Crippen molar-refractivity contribution in [2.45, 2.75) is 13.3 Å². The molecule has 1 aromatic carbocycles. The molecule has 0 aromatic heterocycles. The standard InChI is InChI=1S/C12H16ClN3O2/c1-2-16(8-11(14)15-18)12(17)7-9-5-3-4-6-10(9)13/h3-6,18H,2,7-8H2,1H3,(H2,14,15). The summed E-state index contributed by atoms with van der Waals surface area (Å²) < 4.78 is 0. The van der Waals surface area contributed by atoms with Gasteiger partial charge in [-0.15, -0.1) is 0 Å². The maximum absolute atomic E-state index is 12.0. The molecule has 98 valence electrons. The molecule has 1 rings (SSSR count). The molecule has 1 amide bonds. The van der Waals surface area contributed by atoms with Crippen molar-refractivity contribution >= 4 is 23.3 Å². The highest BCUT2D eigenvalue weighted by Crippen LogP contribution is 2.16. The quantitative estimate of drug-likeness (QED) is 0.368. The molecule has 0 unspecified atom stereocenters. The number of carbonyl (C=O) groups is 1. The van der Waals surface area contributed by atoms with Crippen molar-refractivity contribution in [1.82, 2.24) is 4.90 Å². The monoisotopic (exact) mass is 269 g/mol. The minimum Gasteiger partial charge on any atom is -0.409 e. The molecule has 0 spiro atoms. The highest BCUT2D eigenvalue weighted by molar-refractivity contribution is 6.31. The number of benzene rings is 1. The number of nitrogens with zero attached hydrogens (tertiary/aromatic N) is 2. The predicted molar refractivity (Wildman–Crippen MR) is 70.8 cm³/mol. The van der Waals surface area contributed by atoms with Crippen LogP contribution in [0.25, 0.3) is 0 Å². The van der Waals surface area contributed by atoms with Gasteiger partial charge in [0.05, 0.1) is 13.0 Å². The van der Waals surface area contributed by atoms with E-state index in [0.29, 0.717) is 11.6 Å². The van der Waals surface area contributed by atoms with Crippen molar-refractivity contribution < 1.29 is 10.0 Å². The van der Waals surface area contributed by atoms with Crippen LogP contribution in [0.4, 0.5) is 0 Å². The second kappa shape index (κ2) is 6.86. The number of halogens is 1. The van der Waals surface area contributed by atoms with Crippen molar-refractivity contribution in [3.8, 4) is 0 Å². The third kappa shape index (κ3) is 3.92. The van der Waals surface area contributed by atoms with Gasteiger partial charge in [-0.25, -0.2) is 0 Å². The second-order valence-corrected chi connectivity index (χ2v) is 4.17. The summed E-state index contributed by atoms with van der Waals surface area (Å²) in [6.45, 7) is 2.42. The number of rotatable bonds is 5. The maximum atomic E-state index is 12.0.